The van der Waals surface area contributed by atoms with Gasteiger partial charge in [-0.1, -0.05) is 11.8 Å². The molecule has 1 fully saturated rings. The first-order chi connectivity index (χ1) is 11.2. The van der Waals surface area contributed by atoms with E-state index in [9.17, 15) is 9.59 Å². The zero-order valence-corrected chi connectivity index (χ0v) is 13.3. The van der Waals surface area contributed by atoms with Crippen LogP contribution in [0.3, 0.4) is 0 Å². The molecule has 0 atom stereocenters. The fraction of sp³-hybridized carbons (Fsp3) is 0.400. The number of nitrogens with zero attached hydrogens (tertiary/aromatic N) is 4. The van der Waals surface area contributed by atoms with Crippen LogP contribution in [-0.4, -0.2) is 38.0 Å². The van der Waals surface area contributed by atoms with E-state index in [1.54, 1.807) is 30.7 Å². The number of hydrogen-bond acceptors (Lipinski definition) is 6. The summed E-state index contributed by atoms with van der Waals surface area (Å²) in [6.07, 6.45) is 5.40. The molecule has 7 nitrogen and oxygen atoms in total. The molecule has 0 unspecified atom stereocenters. The number of rotatable bonds is 7. The monoisotopic (exact) mass is 331 g/mol. The Hall–Kier alpha value is -2.22. The SMILES string of the molecule is O=C(CSc1cccnn1)NCCn1cnc(C2CC2)cc1=O. The topological polar surface area (TPSA) is 89.8 Å². The van der Waals surface area contributed by atoms with Gasteiger partial charge in [-0.2, -0.15) is 5.10 Å². The Bertz CT molecular complexity index is 730. The summed E-state index contributed by atoms with van der Waals surface area (Å²) in [4.78, 5) is 28.0. The first kappa shape index (κ1) is 15.7. The molecule has 8 heteroatoms. The van der Waals surface area contributed by atoms with Gasteiger partial charge in [-0.3, -0.25) is 14.2 Å². The lowest BCUT2D eigenvalue weighted by Gasteiger charge is -2.07. The molecule has 2 heterocycles. The molecule has 1 aliphatic carbocycles. The lowest BCUT2D eigenvalue weighted by atomic mass is 10.3. The molecule has 2 aromatic heterocycles. The van der Waals surface area contributed by atoms with Crippen molar-refractivity contribution in [3.05, 3.63) is 46.8 Å². The third-order valence-corrected chi connectivity index (χ3v) is 4.39. The lowest BCUT2D eigenvalue weighted by molar-refractivity contribution is -0.118. The second-order valence-corrected chi connectivity index (χ2v) is 6.32. The maximum Gasteiger partial charge on any atom is 0.253 e. The summed E-state index contributed by atoms with van der Waals surface area (Å²) >= 11 is 1.32. The van der Waals surface area contributed by atoms with E-state index in [1.165, 1.54) is 16.3 Å². The molecular formula is C15H17N5O2S. The van der Waals surface area contributed by atoms with Crippen molar-refractivity contribution in [2.75, 3.05) is 12.3 Å². The molecule has 23 heavy (non-hydrogen) atoms. The standard InChI is InChI=1S/C15H17N5O2S/c21-13(9-23-14-2-1-5-18-19-14)16-6-7-20-10-17-12(8-15(20)22)11-3-4-11/h1-2,5,8,10-11H,3-4,6-7,9H2,(H,16,21). The minimum absolute atomic E-state index is 0.0647. The Morgan fingerprint density at radius 1 is 1.43 bits per heavy atom. The smallest absolute Gasteiger partial charge is 0.253 e. The second kappa shape index (κ2) is 7.36. The van der Waals surface area contributed by atoms with E-state index in [2.05, 4.69) is 20.5 Å². The van der Waals surface area contributed by atoms with Crippen molar-refractivity contribution in [2.24, 2.45) is 0 Å². The van der Waals surface area contributed by atoms with Crippen molar-refractivity contribution in [3.8, 4) is 0 Å². The summed E-state index contributed by atoms with van der Waals surface area (Å²) in [6.45, 7) is 0.808. The van der Waals surface area contributed by atoms with Crippen molar-refractivity contribution in [2.45, 2.75) is 30.3 Å². The first-order valence-electron chi connectivity index (χ1n) is 7.46. The highest BCUT2D eigenvalue weighted by molar-refractivity contribution is 7.99. The predicted octanol–water partition coefficient (Wildman–Crippen LogP) is 0.819. The van der Waals surface area contributed by atoms with Crippen LogP contribution in [0.25, 0.3) is 0 Å². The number of nitrogens with one attached hydrogen (secondary N) is 1. The number of thioether (sulfide) groups is 1. The maximum absolute atomic E-state index is 11.9. The van der Waals surface area contributed by atoms with Crippen molar-refractivity contribution < 1.29 is 4.79 Å². The van der Waals surface area contributed by atoms with Crippen LogP contribution in [0.15, 0.2) is 40.5 Å². The zero-order chi connectivity index (χ0) is 16.1. The van der Waals surface area contributed by atoms with E-state index in [4.69, 9.17) is 0 Å². The Morgan fingerprint density at radius 2 is 2.30 bits per heavy atom. The molecule has 1 saturated carbocycles. The highest BCUT2D eigenvalue weighted by Crippen LogP contribution is 2.38. The summed E-state index contributed by atoms with van der Waals surface area (Å²) in [6, 6.07) is 5.18. The van der Waals surface area contributed by atoms with E-state index in [0.29, 0.717) is 24.0 Å². The van der Waals surface area contributed by atoms with Gasteiger partial charge in [-0.05, 0) is 25.0 Å². The van der Waals surface area contributed by atoms with E-state index in [1.807, 2.05) is 0 Å². The number of carbonyl (C=O) groups is 1. The molecule has 0 saturated heterocycles. The molecule has 0 aliphatic heterocycles. The summed E-state index contributed by atoms with van der Waals surface area (Å²) in [5, 5.41) is 11.1. The van der Waals surface area contributed by atoms with Crippen LogP contribution in [0.1, 0.15) is 24.5 Å². The van der Waals surface area contributed by atoms with Crippen LogP contribution < -0.4 is 10.9 Å². The first-order valence-corrected chi connectivity index (χ1v) is 8.44. The molecule has 0 aromatic carbocycles. The molecule has 3 rings (SSSR count). The van der Waals surface area contributed by atoms with E-state index in [0.717, 1.165) is 18.5 Å². The Balaban J connectivity index is 1.42. The Morgan fingerprint density at radius 3 is 3.00 bits per heavy atom. The molecule has 0 radical (unpaired) electrons. The molecule has 0 spiro atoms. The third kappa shape index (κ3) is 4.62. The van der Waals surface area contributed by atoms with Crippen molar-refractivity contribution in [1.82, 2.24) is 25.1 Å². The van der Waals surface area contributed by atoms with E-state index >= 15 is 0 Å². The van der Waals surface area contributed by atoms with Crippen LogP contribution in [0.4, 0.5) is 0 Å². The van der Waals surface area contributed by atoms with Gasteiger partial charge in [-0.25, -0.2) is 4.98 Å². The number of carbonyl (C=O) groups excluding carboxylic acids is 1. The fourth-order valence-electron chi connectivity index (χ4n) is 2.08. The van der Waals surface area contributed by atoms with Gasteiger partial charge in [0.15, 0.2) is 0 Å². The van der Waals surface area contributed by atoms with Gasteiger partial charge in [0.2, 0.25) is 5.91 Å². The molecule has 1 amide bonds. The van der Waals surface area contributed by atoms with E-state index < -0.39 is 0 Å². The molecule has 1 N–H and O–H groups in total. The van der Waals surface area contributed by atoms with Crippen molar-refractivity contribution in [1.29, 1.82) is 0 Å². The minimum Gasteiger partial charge on any atom is -0.354 e. The number of amides is 1. The summed E-state index contributed by atoms with van der Waals surface area (Å²) in [7, 11) is 0. The minimum atomic E-state index is -0.101. The van der Waals surface area contributed by atoms with Gasteiger partial charge in [0.05, 0.1) is 17.8 Å². The molecule has 120 valence electrons. The number of hydrogen-bond donors (Lipinski definition) is 1. The van der Waals surface area contributed by atoms with Crippen LogP contribution >= 0.6 is 11.8 Å². The van der Waals surface area contributed by atoms with Gasteiger partial charge in [0, 0.05) is 31.3 Å². The van der Waals surface area contributed by atoms with Crippen molar-refractivity contribution >= 4 is 17.7 Å². The normalized spacial score (nSPS) is 13.7. The van der Waals surface area contributed by atoms with Gasteiger partial charge in [-0.15, -0.1) is 5.10 Å². The van der Waals surface area contributed by atoms with Gasteiger partial charge in [0.25, 0.3) is 5.56 Å². The van der Waals surface area contributed by atoms with Crippen LogP contribution in [0, 0.1) is 0 Å². The van der Waals surface area contributed by atoms with Gasteiger partial charge < -0.3 is 5.32 Å². The maximum atomic E-state index is 11.9. The summed E-state index contributed by atoms with van der Waals surface area (Å²) in [5.74, 6) is 0.637. The number of aromatic nitrogens is 4. The highest BCUT2D eigenvalue weighted by atomic mass is 32.2. The van der Waals surface area contributed by atoms with Crippen LogP contribution in [-0.2, 0) is 11.3 Å². The molecule has 1 aliphatic rings. The fourth-order valence-corrected chi connectivity index (χ4v) is 2.74. The third-order valence-electron chi connectivity index (χ3n) is 3.47. The van der Waals surface area contributed by atoms with Gasteiger partial charge in [0.1, 0.15) is 5.03 Å². The van der Waals surface area contributed by atoms with Crippen molar-refractivity contribution in [3.63, 3.8) is 0 Å². The van der Waals surface area contributed by atoms with E-state index in [-0.39, 0.29) is 17.2 Å². The highest BCUT2D eigenvalue weighted by Gasteiger charge is 2.25. The molecule has 0 bridgehead atoms. The average molecular weight is 331 g/mol. The largest absolute Gasteiger partial charge is 0.354 e. The summed E-state index contributed by atoms with van der Waals surface area (Å²) < 4.78 is 1.52. The summed E-state index contributed by atoms with van der Waals surface area (Å²) in [5.41, 5.74) is 0.820. The average Bonchev–Trinajstić information content (AvgIpc) is 3.40. The van der Waals surface area contributed by atoms with Crippen LogP contribution in [0.2, 0.25) is 0 Å². The quantitative estimate of drug-likeness (QED) is 0.756. The van der Waals surface area contributed by atoms with Gasteiger partial charge >= 0.3 is 0 Å². The predicted molar refractivity (Wildman–Crippen MR) is 86.2 cm³/mol. The molecular weight excluding hydrogens is 314 g/mol. The zero-order valence-electron chi connectivity index (χ0n) is 12.5. The molecule has 2 aromatic rings. The van der Waals surface area contributed by atoms with Crippen LogP contribution in [0.5, 0.6) is 0 Å². The Kier molecular flexibility index (Phi) is 5.02. The lowest BCUT2D eigenvalue weighted by Crippen LogP contribution is -2.31. The Labute approximate surface area is 137 Å². The second-order valence-electron chi connectivity index (χ2n) is 5.32.